The average molecular weight is 343 g/mol. The van der Waals surface area contributed by atoms with Crippen LogP contribution < -0.4 is 5.56 Å². The van der Waals surface area contributed by atoms with Crippen molar-refractivity contribution >= 4 is 16.8 Å². The zero-order valence-electron chi connectivity index (χ0n) is 14.9. The first kappa shape index (κ1) is 17.6. The molecule has 0 saturated carbocycles. The molecule has 1 aliphatic rings. The lowest BCUT2D eigenvalue weighted by Crippen LogP contribution is -2.43. The van der Waals surface area contributed by atoms with E-state index in [4.69, 9.17) is 4.74 Å². The second-order valence-corrected chi connectivity index (χ2v) is 6.68. The zero-order valence-corrected chi connectivity index (χ0v) is 14.9. The molecular formula is C19H25N3O3. The molecule has 0 spiro atoms. The van der Waals surface area contributed by atoms with Crippen molar-refractivity contribution in [2.45, 2.75) is 38.1 Å². The highest BCUT2D eigenvalue weighted by Gasteiger charge is 2.27. The summed E-state index contributed by atoms with van der Waals surface area (Å²) < 4.78 is 6.58. The van der Waals surface area contributed by atoms with Gasteiger partial charge < -0.3 is 14.2 Å². The maximum Gasteiger partial charge on any atom is 0.260 e. The number of carbonyl (C=O) groups excluding carboxylic acids is 1. The number of rotatable bonds is 5. The molecule has 1 aliphatic heterocycles. The Morgan fingerprint density at radius 3 is 3.00 bits per heavy atom. The van der Waals surface area contributed by atoms with Gasteiger partial charge in [-0.3, -0.25) is 9.59 Å². The van der Waals surface area contributed by atoms with Crippen LogP contribution in [0.15, 0.2) is 29.3 Å². The summed E-state index contributed by atoms with van der Waals surface area (Å²) in [5.74, 6) is 0.0338. The second-order valence-electron chi connectivity index (χ2n) is 6.68. The van der Waals surface area contributed by atoms with Gasteiger partial charge in [-0.25, -0.2) is 4.98 Å². The number of fused-ring (bicyclic) bond motifs is 1. The number of likely N-dealkylation sites (tertiary alicyclic amines) is 1. The lowest BCUT2D eigenvalue weighted by molar-refractivity contribution is 0.0585. The first-order chi connectivity index (χ1) is 12.1. The Hall–Kier alpha value is -2.21. The molecule has 2 heterocycles. The molecule has 1 aromatic heterocycles. The predicted molar refractivity (Wildman–Crippen MR) is 96.8 cm³/mol. The molecular weight excluding hydrogens is 318 g/mol. The number of aromatic nitrogens is 2. The molecule has 134 valence electrons. The molecule has 1 fully saturated rings. The quantitative estimate of drug-likeness (QED) is 0.782. The van der Waals surface area contributed by atoms with E-state index in [9.17, 15) is 9.59 Å². The Balaban J connectivity index is 1.84. The third-order valence-electron chi connectivity index (χ3n) is 4.94. The van der Waals surface area contributed by atoms with E-state index in [-0.39, 0.29) is 17.5 Å². The lowest BCUT2D eigenvalue weighted by Gasteiger charge is -2.36. The second kappa shape index (κ2) is 7.78. The predicted octanol–water partition coefficient (Wildman–Crippen LogP) is 2.35. The van der Waals surface area contributed by atoms with Crippen LogP contribution in [0.4, 0.5) is 0 Å². The molecule has 3 rings (SSSR count). The number of methoxy groups -OCH3 is 1. The van der Waals surface area contributed by atoms with Gasteiger partial charge in [0.2, 0.25) is 0 Å². The molecule has 1 aromatic carbocycles. The third kappa shape index (κ3) is 3.74. The fourth-order valence-electron chi connectivity index (χ4n) is 3.54. The summed E-state index contributed by atoms with van der Waals surface area (Å²) in [6, 6.07) is 5.46. The summed E-state index contributed by atoms with van der Waals surface area (Å²) >= 11 is 0. The van der Waals surface area contributed by atoms with Crippen LogP contribution in [0.25, 0.3) is 10.9 Å². The first-order valence-corrected chi connectivity index (χ1v) is 8.87. The number of piperidine rings is 1. The van der Waals surface area contributed by atoms with Crippen molar-refractivity contribution < 1.29 is 9.53 Å². The Labute approximate surface area is 147 Å². The van der Waals surface area contributed by atoms with Crippen LogP contribution in [0.5, 0.6) is 0 Å². The normalized spacial score (nSPS) is 17.8. The van der Waals surface area contributed by atoms with Gasteiger partial charge in [-0.15, -0.1) is 0 Å². The van der Waals surface area contributed by atoms with E-state index in [1.54, 1.807) is 32.4 Å². The lowest BCUT2D eigenvalue weighted by atomic mass is 9.97. The molecule has 2 aromatic rings. The van der Waals surface area contributed by atoms with Gasteiger partial charge in [0, 0.05) is 38.9 Å². The van der Waals surface area contributed by atoms with Gasteiger partial charge in [0.05, 0.1) is 17.2 Å². The number of hydrogen-bond acceptors (Lipinski definition) is 4. The summed E-state index contributed by atoms with van der Waals surface area (Å²) in [5.41, 5.74) is 1.08. The summed E-state index contributed by atoms with van der Waals surface area (Å²) in [7, 11) is 3.38. The number of carbonyl (C=O) groups is 1. The smallest absolute Gasteiger partial charge is 0.260 e. The van der Waals surface area contributed by atoms with Crippen molar-refractivity contribution in [2.24, 2.45) is 7.05 Å². The van der Waals surface area contributed by atoms with Gasteiger partial charge >= 0.3 is 0 Å². The fraction of sp³-hybridized carbons (Fsp3) is 0.526. The van der Waals surface area contributed by atoms with Crippen molar-refractivity contribution in [1.29, 1.82) is 0 Å². The highest BCUT2D eigenvalue weighted by molar-refractivity contribution is 5.97. The van der Waals surface area contributed by atoms with E-state index in [0.29, 0.717) is 16.5 Å². The third-order valence-corrected chi connectivity index (χ3v) is 4.94. The van der Waals surface area contributed by atoms with E-state index >= 15 is 0 Å². The average Bonchev–Trinajstić information content (AvgIpc) is 2.64. The minimum absolute atomic E-state index is 0.0338. The highest BCUT2D eigenvalue weighted by atomic mass is 16.5. The first-order valence-electron chi connectivity index (χ1n) is 8.87. The Bertz CT molecular complexity index is 815. The van der Waals surface area contributed by atoms with Crippen LogP contribution in [0.1, 0.15) is 42.5 Å². The Kier molecular flexibility index (Phi) is 5.48. The molecule has 0 N–H and O–H groups in total. The van der Waals surface area contributed by atoms with Gasteiger partial charge in [0.15, 0.2) is 0 Å². The van der Waals surface area contributed by atoms with Crippen LogP contribution in [0.2, 0.25) is 0 Å². The van der Waals surface area contributed by atoms with Gasteiger partial charge in [-0.2, -0.15) is 0 Å². The monoisotopic (exact) mass is 343 g/mol. The van der Waals surface area contributed by atoms with E-state index < -0.39 is 0 Å². The van der Waals surface area contributed by atoms with E-state index in [2.05, 4.69) is 4.98 Å². The Morgan fingerprint density at radius 1 is 1.36 bits per heavy atom. The van der Waals surface area contributed by atoms with Crippen LogP contribution in [-0.4, -0.2) is 46.7 Å². The molecule has 1 amide bonds. The topological polar surface area (TPSA) is 64.4 Å². The van der Waals surface area contributed by atoms with Crippen LogP contribution in [-0.2, 0) is 11.8 Å². The largest absolute Gasteiger partial charge is 0.385 e. The highest BCUT2D eigenvalue weighted by Crippen LogP contribution is 2.23. The number of aryl methyl sites for hydroxylation is 1. The molecule has 1 atom stereocenters. The molecule has 0 bridgehead atoms. The molecule has 25 heavy (non-hydrogen) atoms. The SMILES string of the molecule is COCCC[C@H]1CCCCN1C(=O)c1ccc2c(=O)n(C)cnc2c1. The van der Waals surface area contributed by atoms with Gasteiger partial charge in [0.1, 0.15) is 0 Å². The minimum atomic E-state index is -0.0978. The van der Waals surface area contributed by atoms with E-state index in [1.165, 1.54) is 10.9 Å². The fourth-order valence-corrected chi connectivity index (χ4v) is 3.54. The molecule has 6 heteroatoms. The van der Waals surface area contributed by atoms with Crippen molar-refractivity contribution in [3.8, 4) is 0 Å². The number of ether oxygens (including phenoxy) is 1. The van der Waals surface area contributed by atoms with Crippen LogP contribution in [0, 0.1) is 0 Å². The summed E-state index contributed by atoms with van der Waals surface area (Å²) in [6.45, 7) is 1.51. The number of nitrogens with zero attached hydrogens (tertiary/aromatic N) is 3. The minimum Gasteiger partial charge on any atom is -0.385 e. The number of benzene rings is 1. The number of hydrogen-bond donors (Lipinski definition) is 0. The Morgan fingerprint density at radius 2 is 2.20 bits per heavy atom. The van der Waals surface area contributed by atoms with Crippen molar-refractivity contribution in [1.82, 2.24) is 14.5 Å². The maximum absolute atomic E-state index is 13.0. The molecule has 6 nitrogen and oxygen atoms in total. The molecule has 0 aliphatic carbocycles. The molecule has 1 saturated heterocycles. The van der Waals surface area contributed by atoms with E-state index in [1.807, 2.05) is 4.90 Å². The standard InChI is InChI=1S/C19H25N3O3/c1-21-13-20-17-12-14(8-9-16(17)19(21)24)18(23)22-10-4-3-6-15(22)7-5-11-25-2/h8-9,12-13,15H,3-7,10-11H2,1-2H3/t15-/m1/s1. The van der Waals surface area contributed by atoms with Gasteiger partial charge in [-0.05, 0) is 50.3 Å². The van der Waals surface area contributed by atoms with E-state index in [0.717, 1.165) is 45.3 Å². The summed E-state index contributed by atoms with van der Waals surface area (Å²) in [4.78, 5) is 31.4. The van der Waals surface area contributed by atoms with Crippen LogP contribution >= 0.6 is 0 Å². The van der Waals surface area contributed by atoms with Crippen LogP contribution in [0.3, 0.4) is 0 Å². The summed E-state index contributed by atoms with van der Waals surface area (Å²) in [6.07, 6.45) is 6.66. The molecule has 0 unspecified atom stereocenters. The number of amides is 1. The van der Waals surface area contributed by atoms with Crippen molar-refractivity contribution in [3.05, 3.63) is 40.4 Å². The van der Waals surface area contributed by atoms with Crippen molar-refractivity contribution in [3.63, 3.8) is 0 Å². The van der Waals surface area contributed by atoms with Crippen molar-refractivity contribution in [2.75, 3.05) is 20.3 Å². The molecule has 0 radical (unpaired) electrons. The zero-order chi connectivity index (χ0) is 17.8. The van der Waals surface area contributed by atoms with Gasteiger partial charge in [0.25, 0.3) is 11.5 Å². The summed E-state index contributed by atoms with van der Waals surface area (Å²) in [5, 5.41) is 0.539. The maximum atomic E-state index is 13.0. The van der Waals surface area contributed by atoms with Gasteiger partial charge in [-0.1, -0.05) is 0 Å².